The lowest BCUT2D eigenvalue weighted by atomic mass is 10.2. The van der Waals surface area contributed by atoms with Gasteiger partial charge in [-0.2, -0.15) is 13.2 Å². The summed E-state index contributed by atoms with van der Waals surface area (Å²) in [5.74, 6) is 0.260. The number of urea groups is 1. The number of amides is 2. The first-order chi connectivity index (χ1) is 11.4. The van der Waals surface area contributed by atoms with Crippen molar-refractivity contribution in [2.75, 3.05) is 5.32 Å². The Morgan fingerprint density at radius 1 is 1.08 bits per heavy atom. The highest BCUT2D eigenvalue weighted by molar-refractivity contribution is 7.98. The van der Waals surface area contributed by atoms with Gasteiger partial charge in [0.15, 0.2) is 11.4 Å². The van der Waals surface area contributed by atoms with Gasteiger partial charge in [0, 0.05) is 4.90 Å². The number of carbonyl (C=O) groups is 1. The number of alkyl halides is 3. The molecule has 3 aromatic rings. The molecular formula is C15H10F3N3O2S. The van der Waals surface area contributed by atoms with E-state index in [9.17, 15) is 18.0 Å². The van der Waals surface area contributed by atoms with E-state index in [2.05, 4.69) is 15.2 Å². The van der Waals surface area contributed by atoms with Crippen LogP contribution in [-0.2, 0) is 6.18 Å². The van der Waals surface area contributed by atoms with E-state index in [1.165, 1.54) is 12.1 Å². The molecule has 0 aliphatic rings. The molecule has 0 aliphatic heterocycles. The number of para-hydroxylation sites is 1. The van der Waals surface area contributed by atoms with Gasteiger partial charge in [0.25, 0.3) is 0 Å². The second kappa shape index (κ2) is 6.44. The van der Waals surface area contributed by atoms with Crippen LogP contribution in [0.4, 0.5) is 23.8 Å². The molecule has 0 atom stereocenters. The van der Waals surface area contributed by atoms with Crippen LogP contribution in [0.15, 0.2) is 57.9 Å². The molecule has 9 heteroatoms. The Morgan fingerprint density at radius 3 is 2.50 bits per heavy atom. The average Bonchev–Trinajstić information content (AvgIpc) is 2.96. The highest BCUT2D eigenvalue weighted by Gasteiger charge is 2.29. The number of carbonyl (C=O) groups excluding carboxylic acids is 1. The fourth-order valence-corrected chi connectivity index (χ4v) is 2.46. The predicted octanol–water partition coefficient (Wildman–Crippen LogP) is 4.68. The summed E-state index contributed by atoms with van der Waals surface area (Å²) in [5.41, 5.74) is -0.214. The molecule has 0 spiro atoms. The number of hydrogen-bond donors (Lipinski definition) is 2. The highest BCUT2D eigenvalue weighted by Crippen LogP contribution is 2.30. The molecule has 124 valence electrons. The maximum Gasteiger partial charge on any atom is 0.416 e. The maximum absolute atomic E-state index is 12.5. The largest absolute Gasteiger partial charge is 0.416 e. The minimum Gasteiger partial charge on any atom is -0.354 e. The Hall–Kier alpha value is -2.68. The molecule has 0 fully saturated rings. The summed E-state index contributed by atoms with van der Waals surface area (Å²) in [6, 6.07) is 10.9. The topological polar surface area (TPSA) is 67.2 Å². The predicted molar refractivity (Wildman–Crippen MR) is 83.5 cm³/mol. The van der Waals surface area contributed by atoms with Gasteiger partial charge in [-0.3, -0.25) is 10.0 Å². The zero-order valence-electron chi connectivity index (χ0n) is 11.9. The van der Waals surface area contributed by atoms with Crippen molar-refractivity contribution in [3.8, 4) is 0 Å². The summed E-state index contributed by atoms with van der Waals surface area (Å²) < 4.78 is 44.9. The SMILES string of the molecule is O=C(NSc1ccc(C(F)(F)F)cc1)Nc1noc2ccccc12. The molecule has 0 bridgehead atoms. The maximum atomic E-state index is 12.5. The Labute approximate surface area is 138 Å². The number of nitrogens with zero attached hydrogens (tertiary/aromatic N) is 1. The van der Waals surface area contributed by atoms with Crippen molar-refractivity contribution in [3.63, 3.8) is 0 Å². The fraction of sp³-hybridized carbons (Fsp3) is 0.0667. The van der Waals surface area contributed by atoms with E-state index in [-0.39, 0.29) is 5.82 Å². The number of nitrogens with one attached hydrogen (secondary N) is 2. The molecule has 24 heavy (non-hydrogen) atoms. The molecule has 1 aromatic heterocycles. The lowest BCUT2D eigenvalue weighted by Gasteiger charge is -2.08. The Kier molecular flexibility index (Phi) is 4.34. The second-order valence-electron chi connectivity index (χ2n) is 4.71. The van der Waals surface area contributed by atoms with Crippen LogP contribution >= 0.6 is 11.9 Å². The first kappa shape index (κ1) is 16.2. The van der Waals surface area contributed by atoms with E-state index in [1.807, 2.05) is 0 Å². The monoisotopic (exact) mass is 353 g/mol. The van der Waals surface area contributed by atoms with Crippen molar-refractivity contribution in [2.24, 2.45) is 0 Å². The molecule has 0 saturated heterocycles. The smallest absolute Gasteiger partial charge is 0.354 e. The van der Waals surface area contributed by atoms with Gasteiger partial charge < -0.3 is 4.52 Å². The molecule has 1 heterocycles. The molecule has 0 aliphatic carbocycles. The summed E-state index contributed by atoms with van der Waals surface area (Å²) in [6.45, 7) is 0. The lowest BCUT2D eigenvalue weighted by molar-refractivity contribution is -0.137. The van der Waals surface area contributed by atoms with E-state index < -0.39 is 17.8 Å². The van der Waals surface area contributed by atoms with Crippen LogP contribution in [0.3, 0.4) is 0 Å². The Bertz CT molecular complexity index is 862. The quantitative estimate of drug-likeness (QED) is 0.671. The number of aromatic nitrogens is 1. The number of benzene rings is 2. The summed E-state index contributed by atoms with van der Waals surface area (Å²) in [4.78, 5) is 12.3. The first-order valence-electron chi connectivity index (χ1n) is 6.69. The molecule has 2 aromatic carbocycles. The second-order valence-corrected chi connectivity index (χ2v) is 5.59. The third-order valence-corrected chi connectivity index (χ3v) is 3.85. The molecule has 2 amide bonds. The van der Waals surface area contributed by atoms with Crippen LogP contribution in [0, 0.1) is 0 Å². The van der Waals surface area contributed by atoms with Gasteiger partial charge in [0.1, 0.15) is 0 Å². The molecule has 0 unspecified atom stereocenters. The third-order valence-electron chi connectivity index (χ3n) is 3.05. The van der Waals surface area contributed by atoms with Crippen molar-refractivity contribution in [3.05, 3.63) is 54.1 Å². The summed E-state index contributed by atoms with van der Waals surface area (Å²) in [7, 11) is 0. The van der Waals surface area contributed by atoms with Crippen LogP contribution in [0.1, 0.15) is 5.56 Å². The minimum atomic E-state index is -4.39. The number of halogens is 3. The minimum absolute atomic E-state index is 0.260. The van der Waals surface area contributed by atoms with E-state index in [1.54, 1.807) is 24.3 Å². The van der Waals surface area contributed by atoms with Gasteiger partial charge in [-0.1, -0.05) is 17.3 Å². The van der Waals surface area contributed by atoms with Crippen LogP contribution in [0.5, 0.6) is 0 Å². The number of rotatable bonds is 3. The zero-order chi connectivity index (χ0) is 17.2. The standard InChI is InChI=1S/C15H10F3N3O2S/c16-15(17,18)9-5-7-10(8-6-9)24-21-14(22)19-13-11-3-1-2-4-12(11)23-20-13/h1-8H,(H2,19,20,21,22). The number of fused-ring (bicyclic) bond motifs is 1. The van der Waals surface area contributed by atoms with Crippen LogP contribution in [0.2, 0.25) is 0 Å². The third kappa shape index (κ3) is 3.62. The van der Waals surface area contributed by atoms with Crippen LogP contribution < -0.4 is 10.0 Å². The molecular weight excluding hydrogens is 343 g/mol. The Balaban J connectivity index is 1.59. The molecule has 3 rings (SSSR count). The van der Waals surface area contributed by atoms with Crippen molar-refractivity contribution >= 4 is 34.8 Å². The number of anilines is 1. The van der Waals surface area contributed by atoms with Crippen molar-refractivity contribution in [1.82, 2.24) is 9.88 Å². The van der Waals surface area contributed by atoms with E-state index >= 15 is 0 Å². The van der Waals surface area contributed by atoms with Gasteiger partial charge >= 0.3 is 12.2 Å². The van der Waals surface area contributed by atoms with Gasteiger partial charge in [-0.25, -0.2) is 4.79 Å². The van der Waals surface area contributed by atoms with Crippen molar-refractivity contribution in [1.29, 1.82) is 0 Å². The van der Waals surface area contributed by atoms with Crippen LogP contribution in [0.25, 0.3) is 11.0 Å². The summed E-state index contributed by atoms with van der Waals surface area (Å²) in [6.07, 6.45) is -4.39. The first-order valence-corrected chi connectivity index (χ1v) is 7.50. The normalized spacial score (nSPS) is 11.5. The average molecular weight is 353 g/mol. The van der Waals surface area contributed by atoms with Crippen molar-refractivity contribution in [2.45, 2.75) is 11.1 Å². The number of hydrogen-bond acceptors (Lipinski definition) is 4. The van der Waals surface area contributed by atoms with Gasteiger partial charge in [-0.05, 0) is 48.3 Å². The zero-order valence-corrected chi connectivity index (χ0v) is 12.7. The fourth-order valence-electron chi connectivity index (χ4n) is 1.93. The summed E-state index contributed by atoms with van der Waals surface area (Å²) >= 11 is 0.887. The Morgan fingerprint density at radius 2 is 1.79 bits per heavy atom. The van der Waals surface area contributed by atoms with E-state index in [0.29, 0.717) is 15.9 Å². The van der Waals surface area contributed by atoms with E-state index in [4.69, 9.17) is 4.52 Å². The van der Waals surface area contributed by atoms with Crippen LogP contribution in [-0.4, -0.2) is 11.2 Å². The molecule has 0 radical (unpaired) electrons. The van der Waals surface area contributed by atoms with Gasteiger partial charge in [0.05, 0.1) is 10.9 Å². The highest BCUT2D eigenvalue weighted by atomic mass is 32.2. The van der Waals surface area contributed by atoms with Crippen molar-refractivity contribution < 1.29 is 22.5 Å². The van der Waals surface area contributed by atoms with E-state index in [0.717, 1.165) is 24.1 Å². The molecule has 5 nitrogen and oxygen atoms in total. The molecule has 2 N–H and O–H groups in total. The van der Waals surface area contributed by atoms with Gasteiger partial charge in [0.2, 0.25) is 0 Å². The molecule has 0 saturated carbocycles. The van der Waals surface area contributed by atoms with Gasteiger partial charge in [-0.15, -0.1) is 0 Å². The lowest BCUT2D eigenvalue weighted by Crippen LogP contribution is -2.22. The summed E-state index contributed by atoms with van der Waals surface area (Å²) in [5, 5.41) is 6.91.